The summed E-state index contributed by atoms with van der Waals surface area (Å²) in [6.07, 6.45) is 1.81. The van der Waals surface area contributed by atoms with Crippen LogP contribution in [0.15, 0.2) is 17.6 Å². The number of hydrogen-bond donors (Lipinski definition) is 1. The molecule has 2 heterocycles. The molecule has 0 spiro atoms. The normalized spacial score (nSPS) is 13.8. The fraction of sp³-hybridized carbons (Fsp3) is 0.538. The van der Waals surface area contributed by atoms with Crippen LogP contribution >= 0.6 is 11.3 Å². The third-order valence-electron chi connectivity index (χ3n) is 3.22. The highest BCUT2D eigenvalue weighted by Crippen LogP contribution is 2.24. The summed E-state index contributed by atoms with van der Waals surface area (Å²) in [6, 6.07) is 1.84. The van der Waals surface area contributed by atoms with Crippen molar-refractivity contribution < 1.29 is 13.5 Å². The van der Waals surface area contributed by atoms with Crippen LogP contribution in [-0.2, 0) is 22.6 Å². The van der Waals surface area contributed by atoms with Crippen LogP contribution in [0.4, 0.5) is 0 Å². The Kier molecular flexibility index (Phi) is 4.80. The molecule has 116 valence electrons. The lowest BCUT2D eigenvalue weighted by molar-refractivity contribution is 0.269. The van der Waals surface area contributed by atoms with E-state index in [-0.39, 0.29) is 18.3 Å². The molecule has 0 aromatic carbocycles. The van der Waals surface area contributed by atoms with E-state index in [1.54, 1.807) is 23.9 Å². The molecule has 0 saturated carbocycles. The summed E-state index contributed by atoms with van der Waals surface area (Å²) >= 11 is 1.37. The highest BCUT2D eigenvalue weighted by Gasteiger charge is 2.29. The van der Waals surface area contributed by atoms with Crippen LogP contribution in [0, 0.1) is 5.92 Å². The molecule has 0 fully saturated rings. The molecule has 6 nitrogen and oxygen atoms in total. The van der Waals surface area contributed by atoms with E-state index < -0.39 is 15.1 Å². The molecule has 8 heteroatoms. The smallest absolute Gasteiger partial charge is 0.161 e. The largest absolute Gasteiger partial charge is 0.395 e. The summed E-state index contributed by atoms with van der Waals surface area (Å²) in [5, 5.41) is 15.2. The van der Waals surface area contributed by atoms with Gasteiger partial charge >= 0.3 is 0 Å². The Bertz CT molecular complexity index is 704. The number of aromatic nitrogens is 3. The summed E-state index contributed by atoms with van der Waals surface area (Å²) < 4.78 is 26.3. The molecule has 1 atom stereocenters. The van der Waals surface area contributed by atoms with Crippen molar-refractivity contribution in [3.63, 3.8) is 0 Å². The number of aliphatic hydroxyl groups is 1. The zero-order valence-corrected chi connectivity index (χ0v) is 13.9. The lowest BCUT2D eigenvalue weighted by Crippen LogP contribution is -2.31. The van der Waals surface area contributed by atoms with Crippen LogP contribution in [0.1, 0.15) is 19.5 Å². The average molecular weight is 329 g/mol. The van der Waals surface area contributed by atoms with Crippen molar-refractivity contribution in [2.45, 2.75) is 24.9 Å². The van der Waals surface area contributed by atoms with Crippen LogP contribution in [0.2, 0.25) is 0 Å². The minimum Gasteiger partial charge on any atom is -0.395 e. The molecule has 0 saturated heterocycles. The number of sulfone groups is 1. The molecule has 0 aliphatic heterocycles. The van der Waals surface area contributed by atoms with Gasteiger partial charge in [-0.2, -0.15) is 5.10 Å². The van der Waals surface area contributed by atoms with Crippen molar-refractivity contribution in [2.24, 2.45) is 13.0 Å². The van der Waals surface area contributed by atoms with E-state index in [0.29, 0.717) is 10.7 Å². The van der Waals surface area contributed by atoms with Gasteiger partial charge in [-0.1, -0.05) is 13.8 Å². The second kappa shape index (κ2) is 6.25. The molecule has 0 amide bonds. The quantitative estimate of drug-likeness (QED) is 0.867. The lowest BCUT2D eigenvalue weighted by atomic mass is 10.1. The highest BCUT2D eigenvalue weighted by molar-refractivity contribution is 7.91. The van der Waals surface area contributed by atoms with Gasteiger partial charge in [-0.3, -0.25) is 4.68 Å². The van der Waals surface area contributed by atoms with E-state index in [9.17, 15) is 13.5 Å². The molecule has 0 aliphatic rings. The Morgan fingerprint density at radius 1 is 1.43 bits per heavy atom. The highest BCUT2D eigenvalue weighted by atomic mass is 32.2. The van der Waals surface area contributed by atoms with Crippen LogP contribution in [0.25, 0.3) is 10.7 Å². The van der Waals surface area contributed by atoms with Crippen molar-refractivity contribution in [3.8, 4) is 10.7 Å². The Hall–Kier alpha value is -1.25. The number of thiazole rings is 1. The third kappa shape index (κ3) is 3.69. The van der Waals surface area contributed by atoms with Gasteiger partial charge in [0, 0.05) is 18.6 Å². The van der Waals surface area contributed by atoms with Crippen molar-refractivity contribution in [1.82, 2.24) is 14.8 Å². The molecule has 0 aliphatic carbocycles. The van der Waals surface area contributed by atoms with Gasteiger partial charge in [0.05, 0.1) is 23.3 Å². The van der Waals surface area contributed by atoms with E-state index in [1.165, 1.54) is 11.3 Å². The number of nitrogens with zero attached hydrogens (tertiary/aromatic N) is 3. The second-order valence-electron chi connectivity index (χ2n) is 5.29. The number of aliphatic hydroxyl groups excluding tert-OH is 1. The maximum absolute atomic E-state index is 12.3. The Morgan fingerprint density at radius 3 is 2.67 bits per heavy atom. The summed E-state index contributed by atoms with van der Waals surface area (Å²) in [6.45, 7) is 3.22. The van der Waals surface area contributed by atoms with Gasteiger partial charge in [-0.25, -0.2) is 13.4 Å². The molecular formula is C13H19N3O3S2. The van der Waals surface area contributed by atoms with Gasteiger partial charge in [0.2, 0.25) is 0 Å². The maximum Gasteiger partial charge on any atom is 0.161 e. The number of hydrogen-bond acceptors (Lipinski definition) is 6. The summed E-state index contributed by atoms with van der Waals surface area (Å²) in [5.74, 6) is -0.284. The van der Waals surface area contributed by atoms with E-state index in [4.69, 9.17) is 0 Å². The van der Waals surface area contributed by atoms with Crippen LogP contribution in [-0.4, -0.2) is 40.1 Å². The first-order valence-electron chi connectivity index (χ1n) is 6.60. The number of rotatable bonds is 6. The maximum atomic E-state index is 12.3. The van der Waals surface area contributed by atoms with Crippen LogP contribution < -0.4 is 0 Å². The standard InChI is InChI=1S/C13H19N3O3S2/c1-9(2)12(6-17)21(18,19)8-10-7-20-13(14-10)11-4-5-16(3)15-11/h4-5,7,9,12,17H,6,8H2,1-3H3. The minimum absolute atomic E-state index is 0.131. The molecule has 0 bridgehead atoms. The third-order valence-corrected chi connectivity index (χ3v) is 6.45. The van der Waals surface area contributed by atoms with Gasteiger partial charge in [-0.15, -0.1) is 11.3 Å². The molecule has 2 aromatic heterocycles. The van der Waals surface area contributed by atoms with Gasteiger partial charge in [0.1, 0.15) is 10.7 Å². The molecular weight excluding hydrogens is 310 g/mol. The van der Waals surface area contributed by atoms with E-state index in [2.05, 4.69) is 10.1 Å². The molecule has 1 unspecified atom stereocenters. The van der Waals surface area contributed by atoms with Gasteiger partial charge in [0.15, 0.2) is 9.84 Å². The minimum atomic E-state index is -3.42. The molecule has 0 radical (unpaired) electrons. The first kappa shape index (κ1) is 16.1. The van der Waals surface area contributed by atoms with Crippen LogP contribution in [0.3, 0.4) is 0 Å². The zero-order chi connectivity index (χ0) is 15.6. The van der Waals surface area contributed by atoms with Crippen molar-refractivity contribution >= 4 is 21.2 Å². The molecule has 21 heavy (non-hydrogen) atoms. The van der Waals surface area contributed by atoms with E-state index in [0.717, 1.165) is 5.69 Å². The monoisotopic (exact) mass is 329 g/mol. The van der Waals surface area contributed by atoms with Crippen LogP contribution in [0.5, 0.6) is 0 Å². The first-order valence-corrected chi connectivity index (χ1v) is 9.20. The predicted molar refractivity (Wildman–Crippen MR) is 82.7 cm³/mol. The van der Waals surface area contributed by atoms with Crippen molar-refractivity contribution in [2.75, 3.05) is 6.61 Å². The fourth-order valence-electron chi connectivity index (χ4n) is 2.07. The molecule has 2 aromatic rings. The second-order valence-corrected chi connectivity index (χ2v) is 8.37. The Balaban J connectivity index is 2.19. The fourth-order valence-corrected chi connectivity index (χ4v) is 4.79. The summed E-state index contributed by atoms with van der Waals surface area (Å²) in [5.41, 5.74) is 1.23. The summed E-state index contributed by atoms with van der Waals surface area (Å²) in [4.78, 5) is 4.34. The molecule has 1 N–H and O–H groups in total. The summed E-state index contributed by atoms with van der Waals surface area (Å²) in [7, 11) is -1.60. The van der Waals surface area contributed by atoms with Crippen molar-refractivity contribution in [3.05, 3.63) is 23.3 Å². The SMILES string of the molecule is CC(C)C(CO)S(=O)(=O)Cc1csc(-c2ccn(C)n2)n1. The van der Waals surface area contributed by atoms with Gasteiger partial charge in [-0.05, 0) is 12.0 Å². The van der Waals surface area contributed by atoms with E-state index in [1.807, 2.05) is 19.3 Å². The topological polar surface area (TPSA) is 85.1 Å². The van der Waals surface area contributed by atoms with Gasteiger partial charge < -0.3 is 5.11 Å². The zero-order valence-electron chi connectivity index (χ0n) is 12.2. The Morgan fingerprint density at radius 2 is 2.14 bits per heavy atom. The lowest BCUT2D eigenvalue weighted by Gasteiger charge is -2.17. The van der Waals surface area contributed by atoms with Gasteiger partial charge in [0.25, 0.3) is 0 Å². The van der Waals surface area contributed by atoms with Crippen molar-refractivity contribution in [1.29, 1.82) is 0 Å². The Labute approximate surface area is 128 Å². The predicted octanol–water partition coefficient (Wildman–Crippen LogP) is 1.48. The first-order chi connectivity index (χ1) is 9.83. The molecule has 2 rings (SSSR count). The van der Waals surface area contributed by atoms with E-state index >= 15 is 0 Å². The number of aryl methyl sites for hydroxylation is 1. The average Bonchev–Trinajstić information content (AvgIpc) is 2.97.